The van der Waals surface area contributed by atoms with Crippen molar-refractivity contribution in [2.75, 3.05) is 4.90 Å². The zero-order chi connectivity index (χ0) is 36.7. The average molecular weight is 720 g/mol. The van der Waals surface area contributed by atoms with E-state index in [4.69, 9.17) is 0 Å². The van der Waals surface area contributed by atoms with Gasteiger partial charge >= 0.3 is 0 Å². The molecule has 260 valence electrons. The fourth-order valence-electron chi connectivity index (χ4n) is 9.13. The van der Waals surface area contributed by atoms with E-state index in [-0.39, 0.29) is 5.41 Å². The van der Waals surface area contributed by atoms with Crippen LogP contribution in [-0.2, 0) is 5.41 Å². The van der Waals surface area contributed by atoms with Gasteiger partial charge in [-0.05, 0) is 109 Å². The van der Waals surface area contributed by atoms with Crippen LogP contribution in [0.3, 0.4) is 0 Å². The maximum Gasteiger partial charge on any atom is 0.0543 e. The highest BCUT2D eigenvalue weighted by molar-refractivity contribution is 7.25. The van der Waals surface area contributed by atoms with Gasteiger partial charge in [0.05, 0.1) is 5.69 Å². The monoisotopic (exact) mass is 719 g/mol. The number of fused-ring (bicyclic) bond motifs is 8. The Morgan fingerprint density at radius 2 is 1.02 bits per heavy atom. The molecule has 0 atom stereocenters. The molecule has 1 aromatic heterocycles. The van der Waals surface area contributed by atoms with Gasteiger partial charge in [-0.25, -0.2) is 0 Å². The summed E-state index contributed by atoms with van der Waals surface area (Å²) in [4.78, 5) is 2.50. The van der Waals surface area contributed by atoms with Crippen molar-refractivity contribution < 1.29 is 0 Å². The molecule has 10 aromatic rings. The molecule has 0 aliphatic heterocycles. The summed E-state index contributed by atoms with van der Waals surface area (Å²) >= 11 is 1.87. The SMILES string of the molecule is CC1(C)c2ccccc2-c2c(N(c3ccc(-c4ccc5ccccc5c4)cc3)c3ccc4c(c3)sc3ccccc34)ccc(-c3ccc4ccccc4c3)c21. The maximum absolute atomic E-state index is 2.50. The quantitative estimate of drug-likeness (QED) is 0.171. The van der Waals surface area contributed by atoms with Crippen LogP contribution in [0.4, 0.5) is 17.1 Å². The Balaban J connectivity index is 1.15. The highest BCUT2D eigenvalue weighted by Crippen LogP contribution is 2.57. The molecule has 1 aliphatic carbocycles. The summed E-state index contributed by atoms with van der Waals surface area (Å²) < 4.78 is 2.61. The van der Waals surface area contributed by atoms with E-state index in [1.807, 2.05) is 11.3 Å². The first-order valence-corrected chi connectivity index (χ1v) is 19.9. The fraction of sp³-hybridized carbons (Fsp3) is 0.0566. The van der Waals surface area contributed by atoms with Gasteiger partial charge in [0.15, 0.2) is 0 Å². The molecule has 1 heterocycles. The first-order valence-electron chi connectivity index (χ1n) is 19.1. The number of benzene rings is 9. The first kappa shape index (κ1) is 32.0. The topological polar surface area (TPSA) is 3.24 Å². The van der Waals surface area contributed by atoms with Gasteiger partial charge in [-0.2, -0.15) is 0 Å². The van der Waals surface area contributed by atoms with Crippen LogP contribution in [-0.4, -0.2) is 0 Å². The highest BCUT2D eigenvalue weighted by Gasteiger charge is 2.40. The number of hydrogen-bond donors (Lipinski definition) is 0. The van der Waals surface area contributed by atoms with E-state index in [1.165, 1.54) is 91.9 Å². The molecule has 55 heavy (non-hydrogen) atoms. The third-order valence-corrected chi connectivity index (χ3v) is 12.9. The lowest BCUT2D eigenvalue weighted by atomic mass is 9.78. The number of thiophene rings is 1. The van der Waals surface area contributed by atoms with Crippen molar-refractivity contribution in [1.82, 2.24) is 0 Å². The highest BCUT2D eigenvalue weighted by atomic mass is 32.1. The van der Waals surface area contributed by atoms with Crippen LogP contribution in [0.1, 0.15) is 25.0 Å². The molecule has 1 nitrogen and oxygen atoms in total. The van der Waals surface area contributed by atoms with Crippen LogP contribution in [0.15, 0.2) is 188 Å². The van der Waals surface area contributed by atoms with Crippen molar-refractivity contribution in [3.63, 3.8) is 0 Å². The van der Waals surface area contributed by atoms with E-state index in [0.717, 1.165) is 11.4 Å². The molecule has 0 amide bonds. The Labute approximate surface area is 325 Å². The summed E-state index contributed by atoms with van der Waals surface area (Å²) in [5.74, 6) is 0. The van der Waals surface area contributed by atoms with Crippen LogP contribution in [0, 0.1) is 0 Å². The van der Waals surface area contributed by atoms with Gasteiger partial charge in [-0.15, -0.1) is 11.3 Å². The largest absolute Gasteiger partial charge is 0.310 e. The Bertz CT molecular complexity index is 3130. The van der Waals surface area contributed by atoms with E-state index in [9.17, 15) is 0 Å². The van der Waals surface area contributed by atoms with Gasteiger partial charge < -0.3 is 4.90 Å². The molecule has 1 aliphatic rings. The zero-order valence-corrected chi connectivity index (χ0v) is 31.6. The van der Waals surface area contributed by atoms with Gasteiger partial charge in [0.25, 0.3) is 0 Å². The van der Waals surface area contributed by atoms with Crippen LogP contribution in [0.5, 0.6) is 0 Å². The molecular formula is C53H37NS. The molecule has 9 aromatic carbocycles. The minimum atomic E-state index is -0.204. The minimum Gasteiger partial charge on any atom is -0.310 e. The Hall–Kier alpha value is -6.48. The van der Waals surface area contributed by atoms with Crippen molar-refractivity contribution in [2.45, 2.75) is 19.3 Å². The molecule has 0 saturated carbocycles. The molecule has 0 N–H and O–H groups in total. The van der Waals surface area contributed by atoms with E-state index in [2.05, 4.69) is 207 Å². The average Bonchev–Trinajstić information content (AvgIpc) is 3.72. The molecule has 0 radical (unpaired) electrons. The van der Waals surface area contributed by atoms with Crippen molar-refractivity contribution >= 4 is 70.1 Å². The van der Waals surface area contributed by atoms with Crippen LogP contribution in [0.2, 0.25) is 0 Å². The number of rotatable bonds is 5. The number of hydrogen-bond acceptors (Lipinski definition) is 2. The normalized spacial score (nSPS) is 13.1. The van der Waals surface area contributed by atoms with Gasteiger partial charge in [0, 0.05) is 42.5 Å². The van der Waals surface area contributed by atoms with Crippen molar-refractivity contribution in [3.8, 4) is 33.4 Å². The van der Waals surface area contributed by atoms with Crippen molar-refractivity contribution in [3.05, 3.63) is 199 Å². The summed E-state index contributed by atoms with van der Waals surface area (Å²) in [6, 6.07) is 69.7. The van der Waals surface area contributed by atoms with Gasteiger partial charge in [0.2, 0.25) is 0 Å². The van der Waals surface area contributed by atoms with Gasteiger partial charge in [-0.1, -0.05) is 153 Å². The third kappa shape index (κ3) is 5.06. The minimum absolute atomic E-state index is 0.204. The van der Waals surface area contributed by atoms with Gasteiger partial charge in [-0.3, -0.25) is 0 Å². The molecular weight excluding hydrogens is 683 g/mol. The third-order valence-electron chi connectivity index (χ3n) is 11.8. The Kier molecular flexibility index (Phi) is 7.14. The van der Waals surface area contributed by atoms with E-state index >= 15 is 0 Å². The van der Waals surface area contributed by atoms with E-state index < -0.39 is 0 Å². The summed E-state index contributed by atoms with van der Waals surface area (Å²) in [6.07, 6.45) is 0. The van der Waals surface area contributed by atoms with Crippen LogP contribution < -0.4 is 4.90 Å². The molecule has 2 heteroatoms. The summed E-state index contributed by atoms with van der Waals surface area (Å²) in [5.41, 5.74) is 13.6. The number of nitrogens with zero attached hydrogens (tertiary/aromatic N) is 1. The Morgan fingerprint density at radius 1 is 0.418 bits per heavy atom. The van der Waals surface area contributed by atoms with E-state index in [0.29, 0.717) is 0 Å². The van der Waals surface area contributed by atoms with Crippen molar-refractivity contribution in [2.24, 2.45) is 0 Å². The second kappa shape index (κ2) is 12.3. The molecule has 0 saturated heterocycles. The van der Waals surface area contributed by atoms with E-state index in [1.54, 1.807) is 0 Å². The summed E-state index contributed by atoms with van der Waals surface area (Å²) in [6.45, 7) is 4.80. The van der Waals surface area contributed by atoms with Crippen LogP contribution >= 0.6 is 11.3 Å². The van der Waals surface area contributed by atoms with Crippen molar-refractivity contribution in [1.29, 1.82) is 0 Å². The molecule has 0 spiro atoms. The number of anilines is 3. The predicted molar refractivity (Wildman–Crippen MR) is 237 cm³/mol. The van der Waals surface area contributed by atoms with Crippen LogP contribution in [0.25, 0.3) is 75.1 Å². The fourth-order valence-corrected chi connectivity index (χ4v) is 10.3. The standard InChI is InChI=1S/C53H37NS/c1-53(2)47-17-9-7-16-46(47)51-48(30-29-43(52(51)53)40-22-20-35-12-4-6-14-38(35)32-40)54(42-27-28-45-44-15-8-10-18-49(44)55-50(45)33-42)41-25-23-36(24-26-41)39-21-19-34-11-3-5-13-37(34)31-39/h3-33H,1-2H3. The smallest absolute Gasteiger partial charge is 0.0543 e. The summed E-state index contributed by atoms with van der Waals surface area (Å²) in [5, 5.41) is 7.66. The second-order valence-electron chi connectivity index (χ2n) is 15.3. The lowest BCUT2D eigenvalue weighted by Crippen LogP contribution is -2.17. The molecule has 0 fully saturated rings. The molecule has 0 bridgehead atoms. The lowest BCUT2D eigenvalue weighted by Gasteiger charge is -2.30. The zero-order valence-electron chi connectivity index (χ0n) is 30.8. The lowest BCUT2D eigenvalue weighted by molar-refractivity contribution is 0.662. The molecule has 0 unspecified atom stereocenters. The maximum atomic E-state index is 2.50. The second-order valence-corrected chi connectivity index (χ2v) is 16.4. The van der Waals surface area contributed by atoms with Gasteiger partial charge in [0.1, 0.15) is 0 Å². The molecule has 11 rings (SSSR count). The predicted octanol–water partition coefficient (Wildman–Crippen LogP) is 15.5. The summed E-state index contributed by atoms with van der Waals surface area (Å²) in [7, 11) is 0. The first-order chi connectivity index (χ1) is 27.0. The Morgan fingerprint density at radius 3 is 1.80 bits per heavy atom.